The standard InChI is InChI=1S/C13H14N2O/c1-10-2-6-12(7-3-10)16-13-8-4-11(15-14)5-9-13/h2-9,15H,14H2,1H3. The fourth-order valence-corrected chi connectivity index (χ4v) is 1.36. The summed E-state index contributed by atoms with van der Waals surface area (Å²) in [6, 6.07) is 15.4. The molecule has 0 aliphatic carbocycles. The number of ether oxygens (including phenoxy) is 1. The first-order valence-corrected chi connectivity index (χ1v) is 5.09. The first-order chi connectivity index (χ1) is 7.78. The largest absolute Gasteiger partial charge is 0.457 e. The summed E-state index contributed by atoms with van der Waals surface area (Å²) in [6.07, 6.45) is 0. The van der Waals surface area contributed by atoms with Crippen LogP contribution in [0.4, 0.5) is 5.69 Å². The van der Waals surface area contributed by atoms with Crippen LogP contribution in [0.15, 0.2) is 48.5 Å². The van der Waals surface area contributed by atoms with Crippen LogP contribution >= 0.6 is 0 Å². The van der Waals surface area contributed by atoms with Crippen molar-refractivity contribution in [2.75, 3.05) is 5.43 Å². The predicted octanol–water partition coefficient (Wildman–Crippen LogP) is 3.07. The van der Waals surface area contributed by atoms with Crippen LogP contribution in [0.5, 0.6) is 11.5 Å². The molecule has 0 aliphatic heterocycles. The van der Waals surface area contributed by atoms with Gasteiger partial charge in [-0.2, -0.15) is 0 Å². The van der Waals surface area contributed by atoms with Crippen LogP contribution < -0.4 is 16.0 Å². The Morgan fingerprint density at radius 3 is 1.88 bits per heavy atom. The average molecular weight is 214 g/mol. The van der Waals surface area contributed by atoms with E-state index in [1.165, 1.54) is 5.56 Å². The zero-order chi connectivity index (χ0) is 11.4. The van der Waals surface area contributed by atoms with Crippen molar-refractivity contribution >= 4 is 5.69 Å². The fourth-order valence-electron chi connectivity index (χ4n) is 1.36. The van der Waals surface area contributed by atoms with E-state index in [0.29, 0.717) is 0 Å². The molecule has 16 heavy (non-hydrogen) atoms. The van der Waals surface area contributed by atoms with E-state index in [4.69, 9.17) is 10.6 Å². The molecule has 0 saturated heterocycles. The number of anilines is 1. The number of nitrogens with two attached hydrogens (primary N) is 1. The van der Waals surface area contributed by atoms with Crippen molar-refractivity contribution in [1.82, 2.24) is 0 Å². The molecule has 0 radical (unpaired) electrons. The van der Waals surface area contributed by atoms with Gasteiger partial charge in [0.1, 0.15) is 11.5 Å². The molecular weight excluding hydrogens is 200 g/mol. The van der Waals surface area contributed by atoms with Crippen LogP contribution in [0.3, 0.4) is 0 Å². The van der Waals surface area contributed by atoms with Gasteiger partial charge < -0.3 is 10.2 Å². The highest BCUT2D eigenvalue weighted by molar-refractivity contribution is 5.46. The summed E-state index contributed by atoms with van der Waals surface area (Å²) in [6.45, 7) is 2.05. The fraction of sp³-hybridized carbons (Fsp3) is 0.0769. The molecule has 2 aromatic carbocycles. The molecule has 3 nitrogen and oxygen atoms in total. The van der Waals surface area contributed by atoms with Crippen molar-refractivity contribution in [1.29, 1.82) is 0 Å². The summed E-state index contributed by atoms with van der Waals surface area (Å²) in [4.78, 5) is 0. The summed E-state index contributed by atoms with van der Waals surface area (Å²) in [5.74, 6) is 6.91. The Bertz CT molecular complexity index is 448. The number of nitrogen functional groups attached to an aromatic ring is 1. The Hall–Kier alpha value is -2.00. The van der Waals surface area contributed by atoms with E-state index < -0.39 is 0 Å². The smallest absolute Gasteiger partial charge is 0.127 e. The highest BCUT2D eigenvalue weighted by atomic mass is 16.5. The summed E-state index contributed by atoms with van der Waals surface area (Å²) < 4.78 is 5.66. The molecule has 0 heterocycles. The normalized spacial score (nSPS) is 9.88. The lowest BCUT2D eigenvalue weighted by molar-refractivity contribution is 0.482. The number of rotatable bonds is 3. The van der Waals surface area contributed by atoms with E-state index in [2.05, 4.69) is 5.43 Å². The van der Waals surface area contributed by atoms with Crippen molar-refractivity contribution in [2.45, 2.75) is 6.92 Å². The second-order valence-electron chi connectivity index (χ2n) is 3.58. The molecule has 0 spiro atoms. The first-order valence-electron chi connectivity index (χ1n) is 5.09. The van der Waals surface area contributed by atoms with E-state index in [1.807, 2.05) is 55.5 Å². The van der Waals surface area contributed by atoms with Gasteiger partial charge in [-0.3, -0.25) is 5.84 Å². The number of hydrazine groups is 1. The number of aryl methyl sites for hydroxylation is 1. The van der Waals surface area contributed by atoms with Gasteiger partial charge in [0, 0.05) is 5.69 Å². The monoisotopic (exact) mass is 214 g/mol. The van der Waals surface area contributed by atoms with Gasteiger partial charge in [-0.1, -0.05) is 17.7 Å². The van der Waals surface area contributed by atoms with Crippen LogP contribution in [0.1, 0.15) is 5.56 Å². The molecule has 82 valence electrons. The molecule has 0 aliphatic rings. The van der Waals surface area contributed by atoms with Gasteiger partial charge in [0.15, 0.2) is 0 Å². The second kappa shape index (κ2) is 4.68. The van der Waals surface area contributed by atoms with Gasteiger partial charge in [-0.15, -0.1) is 0 Å². The third-order valence-electron chi connectivity index (χ3n) is 2.28. The Morgan fingerprint density at radius 1 is 0.875 bits per heavy atom. The average Bonchev–Trinajstić information content (AvgIpc) is 2.33. The summed E-state index contributed by atoms with van der Waals surface area (Å²) in [5.41, 5.74) is 4.65. The topological polar surface area (TPSA) is 47.3 Å². The van der Waals surface area contributed by atoms with Gasteiger partial charge in [0.05, 0.1) is 0 Å². The summed E-state index contributed by atoms with van der Waals surface area (Å²) in [5, 5.41) is 0. The number of benzene rings is 2. The maximum absolute atomic E-state index is 5.66. The highest BCUT2D eigenvalue weighted by Crippen LogP contribution is 2.22. The minimum atomic E-state index is 0.794. The molecule has 0 saturated carbocycles. The van der Waals surface area contributed by atoms with Crippen LogP contribution in [-0.2, 0) is 0 Å². The van der Waals surface area contributed by atoms with Crippen LogP contribution in [0.25, 0.3) is 0 Å². The molecule has 0 fully saturated rings. The lowest BCUT2D eigenvalue weighted by atomic mass is 10.2. The van der Waals surface area contributed by atoms with E-state index in [-0.39, 0.29) is 0 Å². The molecule has 2 rings (SSSR count). The van der Waals surface area contributed by atoms with Gasteiger partial charge in [0.2, 0.25) is 0 Å². The zero-order valence-corrected chi connectivity index (χ0v) is 9.10. The van der Waals surface area contributed by atoms with Gasteiger partial charge in [0.25, 0.3) is 0 Å². The Balaban J connectivity index is 2.11. The molecule has 3 heteroatoms. The zero-order valence-electron chi connectivity index (χ0n) is 9.10. The summed E-state index contributed by atoms with van der Waals surface area (Å²) >= 11 is 0. The molecule has 0 amide bonds. The summed E-state index contributed by atoms with van der Waals surface area (Å²) in [7, 11) is 0. The van der Waals surface area contributed by atoms with Crippen molar-refractivity contribution in [3.63, 3.8) is 0 Å². The predicted molar refractivity (Wildman–Crippen MR) is 65.5 cm³/mol. The Labute approximate surface area is 94.8 Å². The SMILES string of the molecule is Cc1ccc(Oc2ccc(NN)cc2)cc1. The lowest BCUT2D eigenvalue weighted by Crippen LogP contribution is -2.05. The Morgan fingerprint density at radius 2 is 1.38 bits per heavy atom. The van der Waals surface area contributed by atoms with Crippen molar-refractivity contribution in [3.8, 4) is 11.5 Å². The number of nitrogens with one attached hydrogen (secondary N) is 1. The van der Waals surface area contributed by atoms with Crippen molar-refractivity contribution < 1.29 is 4.74 Å². The molecule has 0 unspecified atom stereocenters. The third kappa shape index (κ3) is 2.52. The van der Waals surface area contributed by atoms with E-state index in [0.717, 1.165) is 17.2 Å². The van der Waals surface area contributed by atoms with E-state index in [9.17, 15) is 0 Å². The molecule has 0 bridgehead atoms. The quantitative estimate of drug-likeness (QED) is 0.609. The van der Waals surface area contributed by atoms with Crippen LogP contribution in [0.2, 0.25) is 0 Å². The minimum Gasteiger partial charge on any atom is -0.457 e. The maximum Gasteiger partial charge on any atom is 0.127 e. The number of hydrogen-bond donors (Lipinski definition) is 2. The molecule has 2 aromatic rings. The third-order valence-corrected chi connectivity index (χ3v) is 2.28. The van der Waals surface area contributed by atoms with Gasteiger partial charge >= 0.3 is 0 Å². The minimum absolute atomic E-state index is 0.794. The first kappa shape index (κ1) is 10.5. The van der Waals surface area contributed by atoms with Gasteiger partial charge in [-0.05, 0) is 43.3 Å². The lowest BCUT2D eigenvalue weighted by Gasteiger charge is -2.06. The van der Waals surface area contributed by atoms with Crippen molar-refractivity contribution in [3.05, 3.63) is 54.1 Å². The molecule has 0 aromatic heterocycles. The second-order valence-corrected chi connectivity index (χ2v) is 3.58. The van der Waals surface area contributed by atoms with Crippen LogP contribution in [0, 0.1) is 6.92 Å². The van der Waals surface area contributed by atoms with E-state index in [1.54, 1.807) is 0 Å². The highest BCUT2D eigenvalue weighted by Gasteiger charge is 1.96. The maximum atomic E-state index is 5.66. The van der Waals surface area contributed by atoms with Crippen molar-refractivity contribution in [2.24, 2.45) is 5.84 Å². The van der Waals surface area contributed by atoms with E-state index >= 15 is 0 Å². The molecular formula is C13H14N2O. The Kier molecular flexibility index (Phi) is 3.08. The molecule has 3 N–H and O–H groups in total. The molecule has 0 atom stereocenters. The number of hydrogen-bond acceptors (Lipinski definition) is 3. The van der Waals surface area contributed by atoms with Gasteiger partial charge in [-0.25, -0.2) is 0 Å². The van der Waals surface area contributed by atoms with Crippen LogP contribution in [-0.4, -0.2) is 0 Å².